The summed E-state index contributed by atoms with van der Waals surface area (Å²) in [4.78, 5) is 0. The molecule has 0 spiro atoms. The van der Waals surface area contributed by atoms with Crippen molar-refractivity contribution in [3.63, 3.8) is 0 Å². The van der Waals surface area contributed by atoms with Gasteiger partial charge in [-0.25, -0.2) is 0 Å². The van der Waals surface area contributed by atoms with Crippen molar-refractivity contribution in [1.29, 1.82) is 0 Å². The fourth-order valence-corrected chi connectivity index (χ4v) is 1.90. The van der Waals surface area contributed by atoms with Crippen LogP contribution in [-0.4, -0.2) is 13.7 Å². The Morgan fingerprint density at radius 2 is 2.21 bits per heavy atom. The molecule has 76 valence electrons. The average molecular weight is 192 g/mol. The standard InChI is InChI=1S/C12H16O2/c1-8(2)11-7-14-12-5-4-9(13-3)6-10(11)12/h4-6,8,11H,7H2,1-3H3/t11-/m0/s1. The van der Waals surface area contributed by atoms with Gasteiger partial charge in [0.25, 0.3) is 0 Å². The first-order valence-corrected chi connectivity index (χ1v) is 5.03. The van der Waals surface area contributed by atoms with Crippen LogP contribution in [0.4, 0.5) is 0 Å². The molecule has 2 rings (SSSR count). The van der Waals surface area contributed by atoms with Crippen LogP contribution in [0, 0.1) is 5.92 Å². The van der Waals surface area contributed by atoms with Crippen molar-refractivity contribution < 1.29 is 9.47 Å². The second-order valence-electron chi connectivity index (χ2n) is 4.07. The van der Waals surface area contributed by atoms with Gasteiger partial charge in [0.15, 0.2) is 0 Å². The largest absolute Gasteiger partial charge is 0.497 e. The van der Waals surface area contributed by atoms with Crippen LogP contribution in [0.3, 0.4) is 0 Å². The van der Waals surface area contributed by atoms with E-state index in [1.807, 2.05) is 12.1 Å². The highest BCUT2D eigenvalue weighted by molar-refractivity contribution is 5.45. The Morgan fingerprint density at radius 3 is 2.86 bits per heavy atom. The summed E-state index contributed by atoms with van der Waals surface area (Å²) in [5.74, 6) is 3.06. The summed E-state index contributed by atoms with van der Waals surface area (Å²) in [6.45, 7) is 5.26. The normalized spacial score (nSPS) is 19.3. The van der Waals surface area contributed by atoms with E-state index in [2.05, 4.69) is 19.9 Å². The van der Waals surface area contributed by atoms with E-state index in [9.17, 15) is 0 Å². The first kappa shape index (κ1) is 9.38. The number of ether oxygens (including phenoxy) is 2. The minimum Gasteiger partial charge on any atom is -0.497 e. The highest BCUT2D eigenvalue weighted by atomic mass is 16.5. The van der Waals surface area contributed by atoms with Crippen molar-refractivity contribution in [3.8, 4) is 11.5 Å². The molecule has 0 unspecified atom stereocenters. The van der Waals surface area contributed by atoms with Gasteiger partial charge in [0.2, 0.25) is 0 Å². The van der Waals surface area contributed by atoms with Gasteiger partial charge in [-0.2, -0.15) is 0 Å². The van der Waals surface area contributed by atoms with Gasteiger partial charge in [-0.3, -0.25) is 0 Å². The van der Waals surface area contributed by atoms with Crippen molar-refractivity contribution in [2.24, 2.45) is 5.92 Å². The SMILES string of the molecule is COc1ccc2c(c1)[C@H](C(C)C)CO2. The lowest BCUT2D eigenvalue weighted by Gasteiger charge is -2.12. The van der Waals surface area contributed by atoms with Crippen molar-refractivity contribution in [3.05, 3.63) is 23.8 Å². The summed E-state index contributed by atoms with van der Waals surface area (Å²) >= 11 is 0. The van der Waals surface area contributed by atoms with Gasteiger partial charge in [0.1, 0.15) is 11.5 Å². The summed E-state index contributed by atoms with van der Waals surface area (Å²) in [7, 11) is 1.70. The molecule has 1 aliphatic heterocycles. The van der Waals surface area contributed by atoms with Crippen LogP contribution in [0.2, 0.25) is 0 Å². The van der Waals surface area contributed by atoms with Gasteiger partial charge in [0.05, 0.1) is 13.7 Å². The highest BCUT2D eigenvalue weighted by Crippen LogP contribution is 2.39. The summed E-state index contributed by atoms with van der Waals surface area (Å²) in [5, 5.41) is 0. The zero-order valence-electron chi connectivity index (χ0n) is 8.91. The lowest BCUT2D eigenvalue weighted by atomic mass is 9.90. The van der Waals surface area contributed by atoms with Crippen molar-refractivity contribution in [2.75, 3.05) is 13.7 Å². The molecule has 0 amide bonds. The van der Waals surface area contributed by atoms with Gasteiger partial charge in [-0.1, -0.05) is 13.8 Å². The number of benzene rings is 1. The number of fused-ring (bicyclic) bond motifs is 1. The molecule has 14 heavy (non-hydrogen) atoms. The summed E-state index contributed by atoms with van der Waals surface area (Å²) < 4.78 is 10.8. The van der Waals surface area contributed by atoms with Gasteiger partial charge >= 0.3 is 0 Å². The smallest absolute Gasteiger partial charge is 0.123 e. The lowest BCUT2D eigenvalue weighted by molar-refractivity contribution is 0.304. The molecule has 0 aromatic heterocycles. The Balaban J connectivity index is 2.37. The third-order valence-corrected chi connectivity index (χ3v) is 2.84. The van der Waals surface area contributed by atoms with E-state index in [0.717, 1.165) is 18.1 Å². The van der Waals surface area contributed by atoms with Gasteiger partial charge in [-0.15, -0.1) is 0 Å². The molecule has 0 radical (unpaired) electrons. The Hall–Kier alpha value is -1.18. The molecule has 2 nitrogen and oxygen atoms in total. The van der Waals surface area contributed by atoms with E-state index in [4.69, 9.17) is 9.47 Å². The monoisotopic (exact) mass is 192 g/mol. The molecule has 1 heterocycles. The Kier molecular flexibility index (Phi) is 2.36. The van der Waals surface area contributed by atoms with Crippen LogP contribution in [0.5, 0.6) is 11.5 Å². The van der Waals surface area contributed by atoms with E-state index >= 15 is 0 Å². The zero-order valence-corrected chi connectivity index (χ0v) is 8.91. The molecule has 1 aromatic carbocycles. The maximum Gasteiger partial charge on any atom is 0.123 e. The molecule has 1 aliphatic rings. The summed E-state index contributed by atoms with van der Waals surface area (Å²) in [6, 6.07) is 6.03. The molecular formula is C12H16O2. The summed E-state index contributed by atoms with van der Waals surface area (Å²) in [6.07, 6.45) is 0. The molecule has 2 heteroatoms. The van der Waals surface area contributed by atoms with Crippen LogP contribution in [0.25, 0.3) is 0 Å². The predicted molar refractivity (Wildman–Crippen MR) is 56.1 cm³/mol. The fourth-order valence-electron chi connectivity index (χ4n) is 1.90. The highest BCUT2D eigenvalue weighted by Gasteiger charge is 2.26. The Bertz CT molecular complexity index is 331. The first-order valence-electron chi connectivity index (χ1n) is 5.03. The number of methoxy groups -OCH3 is 1. The Labute approximate surface area is 84.8 Å². The molecule has 0 bridgehead atoms. The van der Waals surface area contributed by atoms with E-state index < -0.39 is 0 Å². The van der Waals surface area contributed by atoms with E-state index in [-0.39, 0.29) is 0 Å². The van der Waals surface area contributed by atoms with Crippen molar-refractivity contribution in [2.45, 2.75) is 19.8 Å². The molecule has 0 aliphatic carbocycles. The topological polar surface area (TPSA) is 18.5 Å². The van der Waals surface area contributed by atoms with Crippen LogP contribution in [0.1, 0.15) is 25.3 Å². The van der Waals surface area contributed by atoms with Crippen molar-refractivity contribution in [1.82, 2.24) is 0 Å². The average Bonchev–Trinajstić information content (AvgIpc) is 2.59. The van der Waals surface area contributed by atoms with Crippen LogP contribution in [0.15, 0.2) is 18.2 Å². The fraction of sp³-hybridized carbons (Fsp3) is 0.500. The van der Waals surface area contributed by atoms with Crippen LogP contribution >= 0.6 is 0 Å². The molecule has 0 saturated heterocycles. The van der Waals surface area contributed by atoms with Crippen LogP contribution < -0.4 is 9.47 Å². The maximum atomic E-state index is 5.62. The minimum atomic E-state index is 0.514. The van der Waals surface area contributed by atoms with Gasteiger partial charge in [0, 0.05) is 11.5 Å². The van der Waals surface area contributed by atoms with E-state index in [1.54, 1.807) is 7.11 Å². The number of hydrogen-bond acceptors (Lipinski definition) is 2. The summed E-state index contributed by atoms with van der Waals surface area (Å²) in [5.41, 5.74) is 1.29. The van der Waals surface area contributed by atoms with Gasteiger partial charge < -0.3 is 9.47 Å². The van der Waals surface area contributed by atoms with E-state index in [1.165, 1.54) is 5.56 Å². The quantitative estimate of drug-likeness (QED) is 0.717. The third kappa shape index (κ3) is 1.45. The zero-order chi connectivity index (χ0) is 10.1. The predicted octanol–water partition coefficient (Wildman–Crippen LogP) is 2.83. The Morgan fingerprint density at radius 1 is 1.43 bits per heavy atom. The lowest BCUT2D eigenvalue weighted by Crippen LogP contribution is -2.07. The third-order valence-electron chi connectivity index (χ3n) is 2.84. The second-order valence-corrected chi connectivity index (χ2v) is 4.07. The molecule has 0 N–H and O–H groups in total. The van der Waals surface area contributed by atoms with Crippen LogP contribution in [-0.2, 0) is 0 Å². The number of rotatable bonds is 2. The molecule has 0 fully saturated rings. The molecule has 1 atom stereocenters. The van der Waals surface area contributed by atoms with Crippen molar-refractivity contribution >= 4 is 0 Å². The molecular weight excluding hydrogens is 176 g/mol. The number of hydrogen-bond donors (Lipinski definition) is 0. The molecule has 0 saturated carbocycles. The maximum absolute atomic E-state index is 5.62. The first-order chi connectivity index (χ1) is 6.72. The molecule has 1 aromatic rings. The minimum absolute atomic E-state index is 0.514. The van der Waals surface area contributed by atoms with E-state index in [0.29, 0.717) is 11.8 Å². The second kappa shape index (κ2) is 3.52. The van der Waals surface area contributed by atoms with Gasteiger partial charge in [-0.05, 0) is 24.1 Å².